The number of hydrogen-bond donors (Lipinski definition) is 2. The molecule has 0 spiro atoms. The molecule has 2 N–H and O–H groups in total. The van der Waals surface area contributed by atoms with Crippen LogP contribution >= 0.6 is 22.6 Å². The number of halogens is 1. The molecule has 1 heterocycles. The first-order chi connectivity index (χ1) is 8.04. The van der Waals surface area contributed by atoms with Gasteiger partial charge in [0, 0.05) is 16.2 Å². The molecule has 1 unspecified atom stereocenters. The smallest absolute Gasteiger partial charge is 0.328 e. The number of hydrogen-bond acceptors (Lipinski definition) is 3. The topological polar surface area (TPSA) is 75.1 Å². The molecular formula is C11H15IN2O3. The van der Waals surface area contributed by atoms with Crippen molar-refractivity contribution in [2.75, 3.05) is 0 Å². The van der Waals surface area contributed by atoms with Gasteiger partial charge in [0.2, 0.25) is 0 Å². The maximum Gasteiger partial charge on any atom is 0.328 e. The summed E-state index contributed by atoms with van der Waals surface area (Å²) >= 11 is 2.24. The van der Waals surface area contributed by atoms with Gasteiger partial charge in [0.15, 0.2) is 0 Å². The van der Waals surface area contributed by atoms with Gasteiger partial charge in [-0.25, -0.2) is 4.79 Å². The molecular weight excluding hydrogens is 335 g/mol. The van der Waals surface area contributed by atoms with Crippen LogP contribution in [0, 0.1) is 5.92 Å². The van der Waals surface area contributed by atoms with Crippen molar-refractivity contribution in [2.24, 2.45) is 5.92 Å². The molecule has 0 amide bonds. The molecule has 4 atom stereocenters. The van der Waals surface area contributed by atoms with E-state index in [0.717, 1.165) is 12.8 Å². The monoisotopic (exact) mass is 350 g/mol. The third kappa shape index (κ3) is 2.33. The van der Waals surface area contributed by atoms with Crippen LogP contribution in [0.3, 0.4) is 0 Å². The van der Waals surface area contributed by atoms with Gasteiger partial charge in [0.05, 0.1) is 12.1 Å². The highest BCUT2D eigenvalue weighted by Gasteiger charge is 2.41. The van der Waals surface area contributed by atoms with Crippen LogP contribution in [0.2, 0.25) is 0 Å². The highest BCUT2D eigenvalue weighted by molar-refractivity contribution is 14.1. The van der Waals surface area contributed by atoms with Crippen molar-refractivity contribution in [3.8, 4) is 0 Å². The number of aliphatic hydroxyl groups excluding tert-OH is 1. The lowest BCUT2D eigenvalue weighted by Crippen LogP contribution is -2.35. The van der Waals surface area contributed by atoms with Crippen LogP contribution in [0.4, 0.5) is 0 Å². The fourth-order valence-electron chi connectivity index (χ4n) is 2.43. The molecule has 0 saturated heterocycles. The van der Waals surface area contributed by atoms with E-state index in [0.29, 0.717) is 5.92 Å². The summed E-state index contributed by atoms with van der Waals surface area (Å²) < 4.78 is 1.59. The molecule has 0 bridgehead atoms. The van der Waals surface area contributed by atoms with Crippen LogP contribution in [0.5, 0.6) is 0 Å². The maximum absolute atomic E-state index is 11.7. The van der Waals surface area contributed by atoms with Crippen LogP contribution in [0.25, 0.3) is 0 Å². The average Bonchev–Trinajstić information content (AvgIpc) is 2.57. The summed E-state index contributed by atoms with van der Waals surface area (Å²) in [6.07, 6.45) is 2.69. The first-order valence-electron chi connectivity index (χ1n) is 5.68. The van der Waals surface area contributed by atoms with E-state index in [1.807, 2.05) is 0 Å². The summed E-state index contributed by atoms with van der Waals surface area (Å²) in [5.41, 5.74) is -0.848. The van der Waals surface area contributed by atoms with Gasteiger partial charge in [-0.2, -0.15) is 0 Å². The van der Waals surface area contributed by atoms with Gasteiger partial charge in [0.25, 0.3) is 5.56 Å². The van der Waals surface area contributed by atoms with Crippen LogP contribution in [-0.2, 0) is 0 Å². The molecule has 5 nitrogen and oxygen atoms in total. The summed E-state index contributed by atoms with van der Waals surface area (Å²) in [6.45, 7) is 2.08. The Hall–Kier alpha value is -0.630. The molecule has 0 radical (unpaired) electrons. The number of rotatable bonds is 2. The van der Waals surface area contributed by atoms with Gasteiger partial charge in [-0.05, 0) is 12.3 Å². The Labute approximate surface area is 112 Å². The fraction of sp³-hybridized carbons (Fsp3) is 0.636. The number of aliphatic hydroxyl groups is 1. The quantitative estimate of drug-likeness (QED) is 0.608. The standard InChI is InChI=1S/C11H15IN2O3/c1-2-6-5-7(10(16)9(6)12)14-4-3-8(15)13-11(14)17/h3-4,6-7,9-10,16H,2,5H2,1H3,(H,13,15,17)/t6-,7+,9-,10?/m0/s1. The van der Waals surface area contributed by atoms with Crippen molar-refractivity contribution in [2.45, 2.75) is 35.8 Å². The highest BCUT2D eigenvalue weighted by atomic mass is 127. The third-order valence-corrected chi connectivity index (χ3v) is 5.20. The van der Waals surface area contributed by atoms with Crippen molar-refractivity contribution in [1.82, 2.24) is 9.55 Å². The van der Waals surface area contributed by atoms with Crippen molar-refractivity contribution in [3.63, 3.8) is 0 Å². The average molecular weight is 350 g/mol. The molecule has 6 heteroatoms. The zero-order valence-electron chi connectivity index (χ0n) is 9.47. The summed E-state index contributed by atoms with van der Waals surface area (Å²) in [7, 11) is 0. The molecule has 1 aromatic heterocycles. The molecule has 1 aliphatic rings. The minimum absolute atomic E-state index is 0.154. The second-order valence-electron chi connectivity index (χ2n) is 4.42. The first kappa shape index (κ1) is 12.8. The maximum atomic E-state index is 11.7. The lowest BCUT2D eigenvalue weighted by Gasteiger charge is -2.18. The fourth-order valence-corrected chi connectivity index (χ4v) is 3.71. The molecule has 1 fully saturated rings. The molecule has 2 rings (SSSR count). The van der Waals surface area contributed by atoms with Crippen molar-refractivity contribution < 1.29 is 5.11 Å². The van der Waals surface area contributed by atoms with Gasteiger partial charge >= 0.3 is 5.69 Å². The zero-order chi connectivity index (χ0) is 12.6. The second kappa shape index (κ2) is 4.93. The molecule has 0 aliphatic heterocycles. The summed E-state index contributed by atoms with van der Waals surface area (Å²) in [5, 5.41) is 10.1. The summed E-state index contributed by atoms with van der Waals surface area (Å²) in [5.74, 6) is 0.412. The Balaban J connectivity index is 2.35. The number of nitrogens with zero attached hydrogens (tertiary/aromatic N) is 1. The molecule has 1 aliphatic carbocycles. The number of aromatic nitrogens is 2. The number of alkyl halides is 1. The van der Waals surface area contributed by atoms with Crippen molar-refractivity contribution in [3.05, 3.63) is 33.1 Å². The van der Waals surface area contributed by atoms with E-state index in [4.69, 9.17) is 0 Å². The van der Waals surface area contributed by atoms with E-state index >= 15 is 0 Å². The Morgan fingerprint density at radius 2 is 2.29 bits per heavy atom. The summed E-state index contributed by atoms with van der Waals surface area (Å²) in [6, 6.07) is 1.08. The summed E-state index contributed by atoms with van der Waals surface area (Å²) in [4.78, 5) is 24.9. The Kier molecular flexibility index (Phi) is 3.72. The Morgan fingerprint density at radius 3 is 2.82 bits per heavy atom. The SMILES string of the molecule is CC[C@H]1C[C@@H](n2ccc(=O)[nH]c2=O)C(O)[C@H]1I. The molecule has 17 heavy (non-hydrogen) atoms. The minimum Gasteiger partial charge on any atom is -0.390 e. The Morgan fingerprint density at radius 1 is 1.59 bits per heavy atom. The van der Waals surface area contributed by atoms with Crippen LogP contribution in [0.15, 0.2) is 21.9 Å². The molecule has 1 saturated carbocycles. The predicted octanol–water partition coefficient (Wildman–Crippen LogP) is 0.672. The predicted molar refractivity (Wildman–Crippen MR) is 72.6 cm³/mol. The van der Waals surface area contributed by atoms with Crippen molar-refractivity contribution in [1.29, 1.82) is 0 Å². The van der Waals surface area contributed by atoms with Gasteiger partial charge in [0.1, 0.15) is 0 Å². The number of aromatic amines is 1. The van der Waals surface area contributed by atoms with Gasteiger partial charge < -0.3 is 5.11 Å². The normalized spacial score (nSPS) is 32.9. The number of nitrogens with one attached hydrogen (secondary N) is 1. The van der Waals surface area contributed by atoms with E-state index in [9.17, 15) is 14.7 Å². The van der Waals surface area contributed by atoms with Crippen molar-refractivity contribution >= 4 is 22.6 Å². The van der Waals surface area contributed by atoms with Gasteiger partial charge in [-0.15, -0.1) is 0 Å². The molecule has 1 aromatic rings. The van der Waals surface area contributed by atoms with Crippen LogP contribution < -0.4 is 11.2 Å². The second-order valence-corrected chi connectivity index (χ2v) is 5.86. The Bertz CT molecular complexity index is 510. The lowest BCUT2D eigenvalue weighted by molar-refractivity contribution is 0.140. The molecule has 94 valence electrons. The van der Waals surface area contributed by atoms with Gasteiger partial charge in [-0.1, -0.05) is 35.9 Å². The van der Waals surface area contributed by atoms with E-state index in [2.05, 4.69) is 34.5 Å². The zero-order valence-corrected chi connectivity index (χ0v) is 11.6. The van der Waals surface area contributed by atoms with E-state index in [-0.39, 0.29) is 9.97 Å². The van der Waals surface area contributed by atoms with E-state index in [1.54, 1.807) is 0 Å². The van der Waals surface area contributed by atoms with Crippen LogP contribution in [-0.4, -0.2) is 24.7 Å². The molecule has 0 aromatic carbocycles. The van der Waals surface area contributed by atoms with E-state index in [1.165, 1.54) is 16.8 Å². The van der Waals surface area contributed by atoms with Crippen LogP contribution in [0.1, 0.15) is 25.8 Å². The largest absolute Gasteiger partial charge is 0.390 e. The van der Waals surface area contributed by atoms with Gasteiger partial charge in [-0.3, -0.25) is 14.3 Å². The third-order valence-electron chi connectivity index (χ3n) is 3.45. The highest BCUT2D eigenvalue weighted by Crippen LogP contribution is 2.40. The van der Waals surface area contributed by atoms with E-state index < -0.39 is 17.4 Å². The lowest BCUT2D eigenvalue weighted by atomic mass is 10.1. The minimum atomic E-state index is -0.538. The first-order valence-corrected chi connectivity index (χ1v) is 6.92. The number of H-pyrrole nitrogens is 1.